The first-order valence-corrected chi connectivity index (χ1v) is 4.44. The van der Waals surface area contributed by atoms with E-state index in [1.54, 1.807) is 0 Å². The fraction of sp³-hybridized carbons (Fsp3) is 1.00. The molecule has 0 amide bonds. The van der Waals surface area contributed by atoms with Crippen LogP contribution in [0.5, 0.6) is 0 Å². The van der Waals surface area contributed by atoms with Gasteiger partial charge in [0.2, 0.25) is 0 Å². The van der Waals surface area contributed by atoms with E-state index in [4.69, 9.17) is 4.74 Å². The second-order valence-electron chi connectivity index (χ2n) is 3.40. The monoisotopic (exact) mass is 142 g/mol. The largest absolute Gasteiger partial charge is 0.378 e. The molecule has 0 spiro atoms. The summed E-state index contributed by atoms with van der Waals surface area (Å²) in [4.78, 5) is 0. The van der Waals surface area contributed by atoms with Gasteiger partial charge in [-0.1, -0.05) is 20.3 Å². The zero-order valence-corrected chi connectivity index (χ0v) is 7.10. The Hall–Kier alpha value is -0.0400. The molecule has 0 aromatic heterocycles. The lowest BCUT2D eigenvalue weighted by Gasteiger charge is -2.12. The first kappa shape index (κ1) is 8.06. The SMILES string of the molecule is CCC1CCCC(C)CO1. The van der Waals surface area contributed by atoms with Gasteiger partial charge in [0, 0.05) is 6.61 Å². The highest BCUT2D eigenvalue weighted by atomic mass is 16.5. The highest BCUT2D eigenvalue weighted by Crippen LogP contribution is 2.19. The molecule has 0 radical (unpaired) electrons. The van der Waals surface area contributed by atoms with Crippen molar-refractivity contribution in [2.45, 2.75) is 45.6 Å². The van der Waals surface area contributed by atoms with E-state index in [1.807, 2.05) is 0 Å². The third-order valence-corrected chi connectivity index (χ3v) is 2.29. The van der Waals surface area contributed by atoms with Crippen molar-refractivity contribution in [3.63, 3.8) is 0 Å². The van der Waals surface area contributed by atoms with Gasteiger partial charge in [-0.25, -0.2) is 0 Å². The van der Waals surface area contributed by atoms with Crippen LogP contribution in [-0.4, -0.2) is 12.7 Å². The predicted octanol–water partition coefficient (Wildman–Crippen LogP) is 2.60. The summed E-state index contributed by atoms with van der Waals surface area (Å²) in [6, 6.07) is 0. The van der Waals surface area contributed by atoms with Crippen LogP contribution in [0.1, 0.15) is 39.5 Å². The Morgan fingerprint density at radius 1 is 1.40 bits per heavy atom. The van der Waals surface area contributed by atoms with Gasteiger partial charge in [0.1, 0.15) is 0 Å². The zero-order chi connectivity index (χ0) is 7.40. The standard InChI is InChI=1S/C9H18O/c1-3-9-6-4-5-8(2)7-10-9/h8-9H,3-7H2,1-2H3. The Balaban J connectivity index is 2.26. The minimum Gasteiger partial charge on any atom is -0.378 e. The van der Waals surface area contributed by atoms with Crippen LogP contribution in [-0.2, 0) is 4.74 Å². The van der Waals surface area contributed by atoms with Gasteiger partial charge in [-0.3, -0.25) is 0 Å². The van der Waals surface area contributed by atoms with Crippen molar-refractivity contribution < 1.29 is 4.74 Å². The second-order valence-corrected chi connectivity index (χ2v) is 3.40. The van der Waals surface area contributed by atoms with E-state index in [9.17, 15) is 0 Å². The molecule has 1 fully saturated rings. The molecule has 2 atom stereocenters. The average Bonchev–Trinajstić information content (AvgIpc) is 2.14. The van der Waals surface area contributed by atoms with Crippen molar-refractivity contribution in [1.82, 2.24) is 0 Å². The molecule has 2 unspecified atom stereocenters. The zero-order valence-electron chi connectivity index (χ0n) is 7.10. The van der Waals surface area contributed by atoms with Gasteiger partial charge in [-0.05, 0) is 25.2 Å². The quantitative estimate of drug-likeness (QED) is 0.547. The van der Waals surface area contributed by atoms with Crippen LogP contribution in [0.25, 0.3) is 0 Å². The van der Waals surface area contributed by atoms with Crippen LogP contribution >= 0.6 is 0 Å². The molecular formula is C9H18O. The lowest BCUT2D eigenvalue weighted by Crippen LogP contribution is -2.11. The summed E-state index contributed by atoms with van der Waals surface area (Å²) in [6.45, 7) is 5.47. The summed E-state index contributed by atoms with van der Waals surface area (Å²) < 4.78 is 5.66. The molecule has 0 aromatic rings. The van der Waals surface area contributed by atoms with Crippen molar-refractivity contribution in [3.8, 4) is 0 Å². The fourth-order valence-electron chi connectivity index (χ4n) is 1.48. The van der Waals surface area contributed by atoms with E-state index in [2.05, 4.69) is 13.8 Å². The van der Waals surface area contributed by atoms with Crippen molar-refractivity contribution in [3.05, 3.63) is 0 Å². The van der Waals surface area contributed by atoms with Gasteiger partial charge in [-0.15, -0.1) is 0 Å². The molecule has 1 heteroatoms. The van der Waals surface area contributed by atoms with Crippen molar-refractivity contribution in [2.24, 2.45) is 5.92 Å². The van der Waals surface area contributed by atoms with Gasteiger partial charge < -0.3 is 4.74 Å². The first-order valence-electron chi connectivity index (χ1n) is 4.44. The van der Waals surface area contributed by atoms with Crippen LogP contribution in [0.2, 0.25) is 0 Å². The number of hydrogen-bond acceptors (Lipinski definition) is 1. The summed E-state index contributed by atoms with van der Waals surface area (Å²) in [6.07, 6.45) is 5.74. The van der Waals surface area contributed by atoms with Crippen molar-refractivity contribution in [2.75, 3.05) is 6.61 Å². The first-order chi connectivity index (χ1) is 4.83. The molecular weight excluding hydrogens is 124 g/mol. The summed E-state index contributed by atoms with van der Waals surface area (Å²) >= 11 is 0. The lowest BCUT2D eigenvalue weighted by atomic mass is 10.1. The molecule has 1 rings (SSSR count). The highest BCUT2D eigenvalue weighted by Gasteiger charge is 2.13. The number of rotatable bonds is 1. The van der Waals surface area contributed by atoms with Crippen LogP contribution in [0.3, 0.4) is 0 Å². The Morgan fingerprint density at radius 3 is 2.90 bits per heavy atom. The van der Waals surface area contributed by atoms with Gasteiger partial charge in [0.15, 0.2) is 0 Å². The summed E-state index contributed by atoms with van der Waals surface area (Å²) in [5.74, 6) is 0.788. The normalized spacial score (nSPS) is 35.4. The Bertz CT molecular complexity index is 90.7. The molecule has 0 aliphatic carbocycles. The van der Waals surface area contributed by atoms with E-state index in [0.717, 1.165) is 12.5 Å². The third-order valence-electron chi connectivity index (χ3n) is 2.29. The molecule has 0 aromatic carbocycles. The minimum absolute atomic E-state index is 0.560. The Morgan fingerprint density at radius 2 is 2.20 bits per heavy atom. The van der Waals surface area contributed by atoms with Gasteiger partial charge in [-0.2, -0.15) is 0 Å². The van der Waals surface area contributed by atoms with E-state index < -0.39 is 0 Å². The smallest absolute Gasteiger partial charge is 0.0572 e. The average molecular weight is 142 g/mol. The van der Waals surface area contributed by atoms with Gasteiger partial charge >= 0.3 is 0 Å². The summed E-state index contributed by atoms with van der Waals surface area (Å²) in [7, 11) is 0. The maximum Gasteiger partial charge on any atom is 0.0572 e. The van der Waals surface area contributed by atoms with E-state index in [0.29, 0.717) is 6.10 Å². The number of ether oxygens (including phenoxy) is 1. The maximum atomic E-state index is 5.66. The molecule has 0 saturated carbocycles. The van der Waals surface area contributed by atoms with Crippen LogP contribution in [0, 0.1) is 5.92 Å². The van der Waals surface area contributed by atoms with Gasteiger partial charge in [0.25, 0.3) is 0 Å². The Labute approximate surface area is 63.8 Å². The van der Waals surface area contributed by atoms with Crippen LogP contribution in [0.4, 0.5) is 0 Å². The van der Waals surface area contributed by atoms with Crippen LogP contribution in [0.15, 0.2) is 0 Å². The minimum atomic E-state index is 0.560. The Kier molecular flexibility index (Phi) is 3.20. The van der Waals surface area contributed by atoms with Crippen LogP contribution < -0.4 is 0 Å². The summed E-state index contributed by atoms with van der Waals surface area (Å²) in [5, 5.41) is 0. The molecule has 1 aliphatic heterocycles. The van der Waals surface area contributed by atoms with E-state index in [1.165, 1.54) is 25.7 Å². The molecule has 60 valence electrons. The molecule has 0 bridgehead atoms. The second kappa shape index (κ2) is 3.97. The number of hydrogen-bond donors (Lipinski definition) is 0. The molecule has 1 nitrogen and oxygen atoms in total. The molecule has 0 N–H and O–H groups in total. The van der Waals surface area contributed by atoms with Crippen molar-refractivity contribution in [1.29, 1.82) is 0 Å². The predicted molar refractivity (Wildman–Crippen MR) is 43.0 cm³/mol. The molecule has 1 saturated heterocycles. The van der Waals surface area contributed by atoms with E-state index >= 15 is 0 Å². The van der Waals surface area contributed by atoms with Crippen molar-refractivity contribution >= 4 is 0 Å². The maximum absolute atomic E-state index is 5.66. The third kappa shape index (κ3) is 2.30. The van der Waals surface area contributed by atoms with Gasteiger partial charge in [0.05, 0.1) is 6.10 Å². The van der Waals surface area contributed by atoms with E-state index in [-0.39, 0.29) is 0 Å². The topological polar surface area (TPSA) is 9.23 Å². The molecule has 1 heterocycles. The molecule has 1 aliphatic rings. The fourth-order valence-corrected chi connectivity index (χ4v) is 1.48. The summed E-state index contributed by atoms with van der Waals surface area (Å²) in [5.41, 5.74) is 0. The lowest BCUT2D eigenvalue weighted by molar-refractivity contribution is 0.0414. The highest BCUT2D eigenvalue weighted by molar-refractivity contribution is 4.63. The molecule has 10 heavy (non-hydrogen) atoms.